The van der Waals surface area contributed by atoms with Crippen molar-refractivity contribution < 1.29 is 13.6 Å². The smallest absolute Gasteiger partial charge is 0.280 e. The standard InChI is InChI=1S/C16H14F2N4OS/c1-9-5-3-4-6-10(9)12-8-24-16(20-12)21-15(23)11-7-19-22(2)13(11)14(17)18/h3-8,14H,1-2H3,(H,20,21,23). The number of carbonyl (C=O) groups is 1. The molecule has 0 aliphatic heterocycles. The van der Waals surface area contributed by atoms with Crippen molar-refractivity contribution in [2.45, 2.75) is 13.3 Å². The van der Waals surface area contributed by atoms with Gasteiger partial charge in [0.25, 0.3) is 12.3 Å². The summed E-state index contributed by atoms with van der Waals surface area (Å²) < 4.78 is 27.1. The second kappa shape index (κ2) is 6.48. The molecule has 0 radical (unpaired) electrons. The Kier molecular flexibility index (Phi) is 4.39. The van der Waals surface area contributed by atoms with Crippen molar-refractivity contribution in [3.05, 3.63) is 52.7 Å². The zero-order chi connectivity index (χ0) is 17.3. The number of hydrogen-bond acceptors (Lipinski definition) is 4. The Bertz CT molecular complexity index is 888. The summed E-state index contributed by atoms with van der Waals surface area (Å²) in [6.45, 7) is 1.97. The van der Waals surface area contributed by atoms with Crippen LogP contribution in [0.5, 0.6) is 0 Å². The highest BCUT2D eigenvalue weighted by Crippen LogP contribution is 2.28. The molecular weight excluding hydrogens is 334 g/mol. The third kappa shape index (κ3) is 3.05. The van der Waals surface area contributed by atoms with Gasteiger partial charge in [-0.25, -0.2) is 13.8 Å². The summed E-state index contributed by atoms with van der Waals surface area (Å²) >= 11 is 1.24. The number of anilines is 1. The van der Waals surface area contributed by atoms with Crippen LogP contribution < -0.4 is 5.32 Å². The van der Waals surface area contributed by atoms with Gasteiger partial charge in [-0.3, -0.25) is 14.8 Å². The number of thiazole rings is 1. The summed E-state index contributed by atoms with van der Waals surface area (Å²) in [6, 6.07) is 7.75. The molecule has 24 heavy (non-hydrogen) atoms. The summed E-state index contributed by atoms with van der Waals surface area (Å²) in [4.78, 5) is 16.6. The Morgan fingerprint density at radius 3 is 2.79 bits per heavy atom. The number of aromatic nitrogens is 3. The molecule has 0 aliphatic carbocycles. The van der Waals surface area contributed by atoms with Gasteiger partial charge >= 0.3 is 0 Å². The number of alkyl halides is 2. The van der Waals surface area contributed by atoms with E-state index in [0.717, 1.165) is 27.7 Å². The topological polar surface area (TPSA) is 59.8 Å². The number of aryl methyl sites for hydroxylation is 2. The van der Waals surface area contributed by atoms with Crippen LogP contribution in [0, 0.1) is 6.92 Å². The molecule has 2 aromatic heterocycles. The van der Waals surface area contributed by atoms with Gasteiger partial charge < -0.3 is 0 Å². The summed E-state index contributed by atoms with van der Waals surface area (Å²) in [5.41, 5.74) is 2.19. The number of rotatable bonds is 4. The van der Waals surface area contributed by atoms with Crippen LogP contribution in [0.25, 0.3) is 11.3 Å². The number of nitrogens with zero attached hydrogens (tertiary/aromatic N) is 3. The molecule has 3 aromatic rings. The molecule has 1 N–H and O–H groups in total. The number of nitrogens with one attached hydrogen (secondary N) is 1. The SMILES string of the molecule is Cc1ccccc1-c1csc(NC(=O)c2cnn(C)c2C(F)F)n1. The second-order valence-corrected chi connectivity index (χ2v) is 6.03. The van der Waals surface area contributed by atoms with Crippen molar-refractivity contribution >= 4 is 22.4 Å². The van der Waals surface area contributed by atoms with Crippen molar-refractivity contribution in [1.82, 2.24) is 14.8 Å². The minimum atomic E-state index is -2.78. The quantitative estimate of drug-likeness (QED) is 0.774. The van der Waals surface area contributed by atoms with Crippen molar-refractivity contribution in [2.75, 3.05) is 5.32 Å². The average molecular weight is 348 g/mol. The maximum absolute atomic E-state index is 13.0. The van der Waals surface area contributed by atoms with E-state index in [1.54, 1.807) is 0 Å². The minimum Gasteiger partial charge on any atom is -0.298 e. The number of benzene rings is 1. The lowest BCUT2D eigenvalue weighted by atomic mass is 10.1. The van der Waals surface area contributed by atoms with E-state index in [-0.39, 0.29) is 5.56 Å². The Morgan fingerprint density at radius 2 is 2.08 bits per heavy atom. The molecule has 0 saturated carbocycles. The highest BCUT2D eigenvalue weighted by atomic mass is 32.1. The molecule has 0 unspecified atom stereocenters. The fourth-order valence-corrected chi connectivity index (χ4v) is 3.07. The first-order valence-electron chi connectivity index (χ1n) is 7.10. The van der Waals surface area contributed by atoms with Gasteiger partial charge in [0.2, 0.25) is 0 Å². The van der Waals surface area contributed by atoms with Gasteiger partial charge in [-0.15, -0.1) is 11.3 Å². The van der Waals surface area contributed by atoms with Crippen LogP contribution in [0.15, 0.2) is 35.8 Å². The van der Waals surface area contributed by atoms with E-state index in [2.05, 4.69) is 15.4 Å². The van der Waals surface area contributed by atoms with Crippen molar-refractivity contribution in [2.24, 2.45) is 7.05 Å². The summed E-state index contributed by atoms with van der Waals surface area (Å²) in [5, 5.41) is 8.45. The van der Waals surface area contributed by atoms with Crippen LogP contribution in [-0.4, -0.2) is 20.7 Å². The van der Waals surface area contributed by atoms with E-state index in [4.69, 9.17) is 0 Å². The van der Waals surface area contributed by atoms with E-state index < -0.39 is 18.0 Å². The first-order chi connectivity index (χ1) is 11.5. The predicted molar refractivity (Wildman–Crippen MR) is 88.4 cm³/mol. The molecule has 0 spiro atoms. The van der Waals surface area contributed by atoms with Crippen LogP contribution in [-0.2, 0) is 7.05 Å². The molecule has 0 aliphatic rings. The Balaban J connectivity index is 1.83. The van der Waals surface area contributed by atoms with Crippen LogP contribution in [0.2, 0.25) is 0 Å². The maximum Gasteiger partial charge on any atom is 0.280 e. The van der Waals surface area contributed by atoms with Crippen molar-refractivity contribution in [3.63, 3.8) is 0 Å². The molecule has 0 saturated heterocycles. The van der Waals surface area contributed by atoms with Gasteiger partial charge in [-0.2, -0.15) is 5.10 Å². The lowest BCUT2D eigenvalue weighted by Gasteiger charge is -2.04. The molecule has 1 aromatic carbocycles. The number of amides is 1. The van der Waals surface area contributed by atoms with E-state index >= 15 is 0 Å². The Labute approximate surface area is 141 Å². The average Bonchev–Trinajstić information content (AvgIpc) is 3.14. The van der Waals surface area contributed by atoms with Gasteiger partial charge in [-0.1, -0.05) is 24.3 Å². The fraction of sp³-hybridized carbons (Fsp3) is 0.188. The zero-order valence-electron chi connectivity index (χ0n) is 13.0. The molecular formula is C16H14F2N4OS. The highest BCUT2D eigenvalue weighted by molar-refractivity contribution is 7.14. The van der Waals surface area contributed by atoms with Gasteiger partial charge in [-0.05, 0) is 12.5 Å². The maximum atomic E-state index is 13.0. The van der Waals surface area contributed by atoms with Gasteiger partial charge in [0.1, 0.15) is 5.69 Å². The van der Waals surface area contributed by atoms with E-state index in [1.165, 1.54) is 18.4 Å². The van der Waals surface area contributed by atoms with E-state index in [9.17, 15) is 13.6 Å². The summed E-state index contributed by atoms with van der Waals surface area (Å²) in [5.74, 6) is -0.649. The minimum absolute atomic E-state index is 0.153. The van der Waals surface area contributed by atoms with E-state index in [0.29, 0.717) is 5.13 Å². The highest BCUT2D eigenvalue weighted by Gasteiger charge is 2.23. The number of carbonyl (C=O) groups excluding carboxylic acids is 1. The zero-order valence-corrected chi connectivity index (χ0v) is 13.8. The summed E-state index contributed by atoms with van der Waals surface area (Å²) in [6.07, 6.45) is -1.65. The first-order valence-corrected chi connectivity index (χ1v) is 7.98. The molecule has 8 heteroatoms. The largest absolute Gasteiger partial charge is 0.298 e. The molecule has 0 atom stereocenters. The molecule has 0 bridgehead atoms. The molecule has 1 amide bonds. The van der Waals surface area contributed by atoms with E-state index in [1.807, 2.05) is 36.6 Å². The molecule has 5 nitrogen and oxygen atoms in total. The number of hydrogen-bond donors (Lipinski definition) is 1. The summed E-state index contributed by atoms with van der Waals surface area (Å²) in [7, 11) is 1.37. The lowest BCUT2D eigenvalue weighted by molar-refractivity contribution is 0.100. The first kappa shape index (κ1) is 16.3. The van der Waals surface area contributed by atoms with Crippen LogP contribution in [0.1, 0.15) is 28.0 Å². The second-order valence-electron chi connectivity index (χ2n) is 5.17. The van der Waals surface area contributed by atoms with Crippen molar-refractivity contribution in [1.29, 1.82) is 0 Å². The lowest BCUT2D eigenvalue weighted by Crippen LogP contribution is -2.14. The molecule has 0 fully saturated rings. The van der Waals surface area contributed by atoms with Crippen LogP contribution in [0.3, 0.4) is 0 Å². The Morgan fingerprint density at radius 1 is 1.33 bits per heavy atom. The predicted octanol–water partition coefficient (Wildman–Crippen LogP) is 4.04. The third-order valence-electron chi connectivity index (χ3n) is 3.58. The molecule has 3 rings (SSSR count). The van der Waals surface area contributed by atoms with Gasteiger partial charge in [0.05, 0.1) is 17.5 Å². The normalized spacial score (nSPS) is 11.0. The third-order valence-corrected chi connectivity index (χ3v) is 4.34. The van der Waals surface area contributed by atoms with Crippen molar-refractivity contribution in [3.8, 4) is 11.3 Å². The molecule has 2 heterocycles. The number of halogens is 2. The van der Waals surface area contributed by atoms with Gasteiger partial charge in [0, 0.05) is 18.0 Å². The monoisotopic (exact) mass is 348 g/mol. The van der Waals surface area contributed by atoms with Crippen LogP contribution >= 0.6 is 11.3 Å². The fourth-order valence-electron chi connectivity index (χ4n) is 2.36. The van der Waals surface area contributed by atoms with Crippen LogP contribution in [0.4, 0.5) is 13.9 Å². The van der Waals surface area contributed by atoms with Gasteiger partial charge in [0.15, 0.2) is 5.13 Å². The Hall–Kier alpha value is -2.61. The molecule has 124 valence electrons.